The van der Waals surface area contributed by atoms with Crippen LogP contribution in [0.25, 0.3) is 0 Å². The standard InChI is InChI=1S/C18H22O4S/c1-3-5-13-11-15(19)7-9-17(13)23(21,22)18-10-8-16(20)12-14(18)6-4-2/h7-12,19-20H,3-6H2,1-2H3. The summed E-state index contributed by atoms with van der Waals surface area (Å²) in [5, 5.41) is 19.3. The highest BCUT2D eigenvalue weighted by Crippen LogP contribution is 2.31. The highest BCUT2D eigenvalue weighted by atomic mass is 32.2. The fourth-order valence-electron chi connectivity index (χ4n) is 2.70. The molecule has 0 radical (unpaired) electrons. The number of aromatic hydroxyl groups is 2. The molecule has 0 amide bonds. The van der Waals surface area contributed by atoms with Gasteiger partial charge in [-0.1, -0.05) is 26.7 Å². The van der Waals surface area contributed by atoms with Gasteiger partial charge in [0.15, 0.2) is 0 Å². The van der Waals surface area contributed by atoms with Gasteiger partial charge in [0.1, 0.15) is 11.5 Å². The van der Waals surface area contributed by atoms with Gasteiger partial charge in [0.2, 0.25) is 9.84 Å². The van der Waals surface area contributed by atoms with E-state index in [-0.39, 0.29) is 21.3 Å². The van der Waals surface area contributed by atoms with Gasteiger partial charge in [-0.3, -0.25) is 0 Å². The van der Waals surface area contributed by atoms with Gasteiger partial charge in [-0.15, -0.1) is 0 Å². The lowest BCUT2D eigenvalue weighted by Gasteiger charge is -2.14. The lowest BCUT2D eigenvalue weighted by atomic mass is 10.1. The molecule has 2 N–H and O–H groups in total. The molecule has 4 nitrogen and oxygen atoms in total. The van der Waals surface area contributed by atoms with Gasteiger partial charge in [-0.25, -0.2) is 8.42 Å². The van der Waals surface area contributed by atoms with Gasteiger partial charge in [0.05, 0.1) is 9.79 Å². The molecule has 0 aromatic heterocycles. The number of phenols is 2. The molecule has 0 aliphatic rings. The van der Waals surface area contributed by atoms with E-state index in [1.165, 1.54) is 36.4 Å². The molecular formula is C18H22O4S. The molecule has 0 spiro atoms. The Hall–Kier alpha value is -2.01. The van der Waals surface area contributed by atoms with Crippen LogP contribution in [0.15, 0.2) is 46.2 Å². The van der Waals surface area contributed by atoms with E-state index in [0.29, 0.717) is 24.0 Å². The number of hydrogen-bond donors (Lipinski definition) is 2. The van der Waals surface area contributed by atoms with Crippen molar-refractivity contribution in [1.82, 2.24) is 0 Å². The molecule has 23 heavy (non-hydrogen) atoms. The summed E-state index contributed by atoms with van der Waals surface area (Å²) in [7, 11) is -3.70. The molecule has 0 saturated heterocycles. The predicted octanol–water partition coefficient (Wildman–Crippen LogP) is 3.84. The Morgan fingerprint density at radius 1 is 0.783 bits per heavy atom. The first-order valence-corrected chi connectivity index (χ1v) is 9.27. The third-order valence-electron chi connectivity index (χ3n) is 3.71. The number of benzene rings is 2. The topological polar surface area (TPSA) is 74.6 Å². The van der Waals surface area contributed by atoms with Crippen LogP contribution in [-0.4, -0.2) is 18.6 Å². The van der Waals surface area contributed by atoms with Crippen molar-refractivity contribution in [2.45, 2.75) is 49.3 Å². The number of phenolic OH excluding ortho intramolecular Hbond substituents is 2. The summed E-state index contributed by atoms with van der Waals surface area (Å²) in [5.41, 5.74) is 1.23. The van der Waals surface area contributed by atoms with Crippen molar-refractivity contribution in [3.63, 3.8) is 0 Å². The van der Waals surface area contributed by atoms with Crippen LogP contribution >= 0.6 is 0 Å². The second-order valence-corrected chi connectivity index (χ2v) is 7.47. The van der Waals surface area contributed by atoms with Crippen LogP contribution in [0.1, 0.15) is 37.8 Å². The summed E-state index contributed by atoms with van der Waals surface area (Å²) in [6.45, 7) is 3.92. The van der Waals surface area contributed by atoms with Crippen LogP contribution in [0.2, 0.25) is 0 Å². The van der Waals surface area contributed by atoms with Crippen LogP contribution in [0, 0.1) is 0 Å². The van der Waals surface area contributed by atoms with Crippen LogP contribution < -0.4 is 0 Å². The zero-order chi connectivity index (χ0) is 17.0. The zero-order valence-electron chi connectivity index (χ0n) is 13.4. The molecular weight excluding hydrogens is 312 g/mol. The molecule has 0 saturated carbocycles. The van der Waals surface area contributed by atoms with Crippen molar-refractivity contribution in [2.75, 3.05) is 0 Å². The normalized spacial score (nSPS) is 11.6. The summed E-state index contributed by atoms with van der Waals surface area (Å²) in [6.07, 6.45) is 2.71. The highest BCUT2D eigenvalue weighted by Gasteiger charge is 2.24. The molecule has 5 heteroatoms. The van der Waals surface area contributed by atoms with E-state index in [1.807, 2.05) is 13.8 Å². The Morgan fingerprint density at radius 3 is 1.52 bits per heavy atom. The summed E-state index contributed by atoms with van der Waals surface area (Å²) in [4.78, 5) is 0.445. The van der Waals surface area contributed by atoms with Crippen molar-refractivity contribution < 1.29 is 18.6 Å². The van der Waals surface area contributed by atoms with Crippen LogP contribution in [0.3, 0.4) is 0 Å². The average Bonchev–Trinajstić information content (AvgIpc) is 2.47. The van der Waals surface area contributed by atoms with Gasteiger partial charge in [0.25, 0.3) is 0 Å². The number of hydrogen-bond acceptors (Lipinski definition) is 4. The minimum absolute atomic E-state index is 0.0619. The fraction of sp³-hybridized carbons (Fsp3) is 0.333. The van der Waals surface area contributed by atoms with E-state index >= 15 is 0 Å². The van der Waals surface area contributed by atoms with E-state index in [9.17, 15) is 18.6 Å². The molecule has 0 unspecified atom stereocenters. The quantitative estimate of drug-likeness (QED) is 0.842. The second kappa shape index (κ2) is 7.04. The first kappa shape index (κ1) is 17.3. The van der Waals surface area contributed by atoms with Gasteiger partial charge in [0, 0.05) is 0 Å². The Bertz CT molecular complexity index is 733. The van der Waals surface area contributed by atoms with E-state index in [2.05, 4.69) is 0 Å². The fourth-order valence-corrected chi connectivity index (χ4v) is 4.45. The number of aryl methyl sites for hydroxylation is 2. The van der Waals surface area contributed by atoms with Crippen LogP contribution in [0.4, 0.5) is 0 Å². The Balaban J connectivity index is 2.64. The molecule has 2 aromatic carbocycles. The van der Waals surface area contributed by atoms with E-state index in [1.54, 1.807) is 0 Å². The summed E-state index contributed by atoms with van der Waals surface area (Å²) in [5.74, 6) is 0.124. The van der Waals surface area contributed by atoms with Crippen molar-refractivity contribution >= 4 is 9.84 Å². The van der Waals surface area contributed by atoms with Crippen molar-refractivity contribution in [3.8, 4) is 11.5 Å². The van der Waals surface area contributed by atoms with Crippen molar-refractivity contribution in [1.29, 1.82) is 0 Å². The molecule has 0 bridgehead atoms. The van der Waals surface area contributed by atoms with Gasteiger partial charge < -0.3 is 10.2 Å². The largest absolute Gasteiger partial charge is 0.508 e. The minimum Gasteiger partial charge on any atom is -0.508 e. The molecule has 0 aliphatic carbocycles. The number of rotatable bonds is 6. The summed E-state index contributed by atoms with van der Waals surface area (Å²) in [6, 6.07) is 8.72. The SMILES string of the molecule is CCCc1cc(O)ccc1S(=O)(=O)c1ccc(O)cc1CCC. The molecule has 0 aliphatic heterocycles. The van der Waals surface area contributed by atoms with E-state index in [4.69, 9.17) is 0 Å². The lowest BCUT2D eigenvalue weighted by molar-refractivity contribution is 0.473. The Kier molecular flexibility index (Phi) is 5.31. The maximum absolute atomic E-state index is 13.1. The van der Waals surface area contributed by atoms with E-state index in [0.717, 1.165) is 12.8 Å². The Morgan fingerprint density at radius 2 is 1.17 bits per heavy atom. The maximum Gasteiger partial charge on any atom is 0.207 e. The summed E-state index contributed by atoms with van der Waals surface area (Å²) < 4.78 is 26.2. The third kappa shape index (κ3) is 3.67. The minimum atomic E-state index is -3.70. The summed E-state index contributed by atoms with van der Waals surface area (Å²) >= 11 is 0. The van der Waals surface area contributed by atoms with Gasteiger partial charge >= 0.3 is 0 Å². The van der Waals surface area contributed by atoms with Crippen LogP contribution in [-0.2, 0) is 22.7 Å². The second-order valence-electron chi connectivity index (χ2n) is 5.59. The van der Waals surface area contributed by atoms with E-state index < -0.39 is 9.84 Å². The maximum atomic E-state index is 13.1. The highest BCUT2D eigenvalue weighted by molar-refractivity contribution is 7.91. The van der Waals surface area contributed by atoms with Gasteiger partial charge in [-0.05, 0) is 60.4 Å². The predicted molar refractivity (Wildman–Crippen MR) is 89.7 cm³/mol. The molecule has 0 fully saturated rings. The molecule has 2 aromatic rings. The smallest absolute Gasteiger partial charge is 0.207 e. The lowest BCUT2D eigenvalue weighted by Crippen LogP contribution is -2.08. The van der Waals surface area contributed by atoms with Gasteiger partial charge in [-0.2, -0.15) is 0 Å². The Labute approximate surface area is 137 Å². The zero-order valence-corrected chi connectivity index (χ0v) is 14.2. The molecule has 0 heterocycles. The third-order valence-corrected chi connectivity index (χ3v) is 5.66. The monoisotopic (exact) mass is 334 g/mol. The number of sulfone groups is 1. The van der Waals surface area contributed by atoms with Crippen molar-refractivity contribution in [3.05, 3.63) is 47.5 Å². The first-order chi connectivity index (χ1) is 10.9. The van der Waals surface area contributed by atoms with Crippen molar-refractivity contribution in [2.24, 2.45) is 0 Å². The first-order valence-electron chi connectivity index (χ1n) is 7.79. The van der Waals surface area contributed by atoms with Crippen LogP contribution in [0.5, 0.6) is 11.5 Å². The molecule has 2 rings (SSSR count). The molecule has 124 valence electrons. The average molecular weight is 334 g/mol. The molecule has 0 atom stereocenters.